The van der Waals surface area contributed by atoms with Gasteiger partial charge in [-0.25, -0.2) is 22.7 Å². The molecule has 11 heteroatoms. The summed E-state index contributed by atoms with van der Waals surface area (Å²) in [5.41, 5.74) is 1.52. The number of rotatable bonds is 5. The highest BCUT2D eigenvalue weighted by Crippen LogP contribution is 2.34. The number of ether oxygens (including phenoxy) is 1. The highest BCUT2D eigenvalue weighted by atomic mass is 32.2. The van der Waals surface area contributed by atoms with Crippen molar-refractivity contribution in [2.45, 2.75) is 24.8 Å². The predicted molar refractivity (Wildman–Crippen MR) is 115 cm³/mol. The van der Waals surface area contributed by atoms with Gasteiger partial charge in [-0.3, -0.25) is 4.68 Å². The summed E-state index contributed by atoms with van der Waals surface area (Å²) in [7, 11) is -2.17. The summed E-state index contributed by atoms with van der Waals surface area (Å²) >= 11 is 4.26. The van der Waals surface area contributed by atoms with Crippen LogP contribution in [0, 0.1) is 0 Å². The van der Waals surface area contributed by atoms with E-state index >= 15 is 0 Å². The standard InChI is InChI=1S/C18H21N5O4S2/c1-11(2)27-17-8-7-12(29(19,25)26)9-16(17)23(28)18(24)21-14-5-4-6-15-13(14)10-20-22(15)3/h4-11,28H,1-3H3,(H,21,24)(H2,19,25,26). The van der Waals surface area contributed by atoms with Crippen LogP contribution in [0.5, 0.6) is 5.75 Å². The predicted octanol–water partition coefficient (Wildman–Crippen LogP) is 2.89. The number of aryl methyl sites for hydroxylation is 1. The summed E-state index contributed by atoms with van der Waals surface area (Å²) in [5, 5.41) is 12.9. The van der Waals surface area contributed by atoms with Crippen LogP contribution < -0.4 is 19.5 Å². The summed E-state index contributed by atoms with van der Waals surface area (Å²) in [6.07, 6.45) is 1.44. The topological polar surface area (TPSA) is 120 Å². The van der Waals surface area contributed by atoms with Gasteiger partial charge >= 0.3 is 6.03 Å². The van der Waals surface area contributed by atoms with Crippen molar-refractivity contribution in [3.05, 3.63) is 42.6 Å². The van der Waals surface area contributed by atoms with E-state index in [1.165, 1.54) is 18.2 Å². The van der Waals surface area contributed by atoms with Crippen LogP contribution in [0.3, 0.4) is 0 Å². The molecule has 3 N–H and O–H groups in total. The zero-order valence-electron chi connectivity index (χ0n) is 16.0. The van der Waals surface area contributed by atoms with E-state index in [1.54, 1.807) is 30.1 Å². The zero-order valence-corrected chi connectivity index (χ0v) is 17.7. The summed E-state index contributed by atoms with van der Waals surface area (Å²) in [4.78, 5) is 12.7. The van der Waals surface area contributed by atoms with Crippen molar-refractivity contribution in [3.8, 4) is 5.75 Å². The molecule has 3 aromatic rings. The fourth-order valence-electron chi connectivity index (χ4n) is 2.76. The molecule has 0 aliphatic carbocycles. The van der Waals surface area contributed by atoms with E-state index in [2.05, 4.69) is 23.2 Å². The molecule has 29 heavy (non-hydrogen) atoms. The third kappa shape index (κ3) is 4.47. The van der Waals surface area contributed by atoms with Gasteiger partial charge in [0.1, 0.15) is 11.4 Å². The van der Waals surface area contributed by atoms with Crippen molar-refractivity contribution in [1.82, 2.24) is 9.78 Å². The molecule has 2 amide bonds. The molecule has 0 unspecified atom stereocenters. The molecule has 0 fully saturated rings. The van der Waals surface area contributed by atoms with Gasteiger partial charge in [0, 0.05) is 12.4 Å². The number of nitrogens with two attached hydrogens (primary N) is 1. The number of thiol groups is 1. The molecule has 0 aliphatic rings. The van der Waals surface area contributed by atoms with Crippen molar-refractivity contribution >= 4 is 51.1 Å². The molecule has 0 spiro atoms. The first-order chi connectivity index (χ1) is 13.6. The van der Waals surface area contributed by atoms with Gasteiger partial charge in [0.2, 0.25) is 10.0 Å². The van der Waals surface area contributed by atoms with Crippen LogP contribution in [0.1, 0.15) is 13.8 Å². The Morgan fingerprint density at radius 3 is 2.69 bits per heavy atom. The van der Waals surface area contributed by atoms with Gasteiger partial charge < -0.3 is 10.1 Å². The maximum Gasteiger partial charge on any atom is 0.336 e. The minimum Gasteiger partial charge on any atom is -0.489 e. The molecule has 0 atom stereocenters. The summed E-state index contributed by atoms with van der Waals surface area (Å²) < 4.78 is 31.8. The average molecular weight is 436 g/mol. The largest absolute Gasteiger partial charge is 0.489 e. The first-order valence-corrected chi connectivity index (χ1v) is 10.6. The number of anilines is 2. The van der Waals surface area contributed by atoms with E-state index in [-0.39, 0.29) is 22.4 Å². The molecule has 0 saturated carbocycles. The number of nitrogens with zero attached hydrogens (tertiary/aromatic N) is 3. The first kappa shape index (κ1) is 21.0. The van der Waals surface area contributed by atoms with Crippen LogP contribution in [-0.2, 0) is 17.1 Å². The lowest BCUT2D eigenvalue weighted by atomic mass is 10.2. The second-order valence-electron chi connectivity index (χ2n) is 6.59. The monoisotopic (exact) mass is 435 g/mol. The SMILES string of the molecule is CC(C)Oc1ccc(S(N)(=O)=O)cc1N(S)C(=O)Nc1cccc2c1cnn2C. The van der Waals surface area contributed by atoms with Gasteiger partial charge in [0.05, 0.1) is 28.4 Å². The van der Waals surface area contributed by atoms with Crippen LogP contribution in [0.4, 0.5) is 16.2 Å². The van der Waals surface area contributed by atoms with Gasteiger partial charge in [-0.2, -0.15) is 5.10 Å². The Balaban J connectivity index is 1.97. The fourth-order valence-corrected chi connectivity index (χ4v) is 3.50. The molecule has 0 bridgehead atoms. The van der Waals surface area contributed by atoms with Gasteiger partial charge in [0.25, 0.3) is 0 Å². The number of carbonyl (C=O) groups is 1. The molecule has 9 nitrogen and oxygen atoms in total. The second kappa shape index (κ2) is 7.93. The highest BCUT2D eigenvalue weighted by molar-refractivity contribution is 7.89. The minimum absolute atomic E-state index is 0.143. The summed E-state index contributed by atoms with van der Waals surface area (Å²) in [6.45, 7) is 3.62. The van der Waals surface area contributed by atoms with Gasteiger partial charge in [-0.1, -0.05) is 18.9 Å². The fraction of sp³-hybridized carbons (Fsp3) is 0.222. The van der Waals surface area contributed by atoms with Gasteiger partial charge in [-0.05, 0) is 44.2 Å². The van der Waals surface area contributed by atoms with E-state index in [9.17, 15) is 13.2 Å². The quantitative estimate of drug-likeness (QED) is 0.532. The number of carbonyl (C=O) groups excluding carboxylic acids is 1. The number of hydrogen-bond acceptors (Lipinski definition) is 6. The number of fused-ring (bicyclic) bond motifs is 1. The number of primary sulfonamides is 1. The Labute approximate surface area is 174 Å². The van der Waals surface area contributed by atoms with E-state index in [0.717, 1.165) is 15.2 Å². The number of urea groups is 1. The average Bonchev–Trinajstić information content (AvgIpc) is 3.02. The molecule has 1 heterocycles. The van der Waals surface area contributed by atoms with E-state index in [1.807, 2.05) is 19.9 Å². The molecule has 154 valence electrons. The number of aromatic nitrogens is 2. The Kier molecular flexibility index (Phi) is 5.73. The summed E-state index contributed by atoms with van der Waals surface area (Å²) in [5.74, 6) is 0.289. The lowest BCUT2D eigenvalue weighted by Crippen LogP contribution is -2.28. The van der Waals surface area contributed by atoms with Crippen LogP contribution in [0.2, 0.25) is 0 Å². The van der Waals surface area contributed by atoms with Crippen LogP contribution in [-0.4, -0.2) is 30.3 Å². The number of amides is 2. The lowest BCUT2D eigenvalue weighted by molar-refractivity contribution is 0.242. The van der Waals surface area contributed by atoms with Crippen molar-refractivity contribution in [1.29, 1.82) is 0 Å². The van der Waals surface area contributed by atoms with Crippen LogP contribution in [0.25, 0.3) is 10.9 Å². The van der Waals surface area contributed by atoms with Gasteiger partial charge in [-0.15, -0.1) is 0 Å². The molecule has 0 saturated heterocycles. The van der Waals surface area contributed by atoms with E-state index in [4.69, 9.17) is 9.88 Å². The molecular formula is C18H21N5O4S2. The van der Waals surface area contributed by atoms with Crippen molar-refractivity contribution in [2.75, 3.05) is 9.62 Å². The minimum atomic E-state index is -3.97. The number of nitrogens with one attached hydrogen (secondary N) is 1. The molecule has 0 aliphatic heterocycles. The highest BCUT2D eigenvalue weighted by Gasteiger charge is 2.21. The number of benzene rings is 2. The smallest absolute Gasteiger partial charge is 0.336 e. The Morgan fingerprint density at radius 1 is 1.31 bits per heavy atom. The number of hydrogen-bond donors (Lipinski definition) is 3. The first-order valence-electron chi connectivity index (χ1n) is 8.62. The Morgan fingerprint density at radius 2 is 2.03 bits per heavy atom. The normalized spacial score (nSPS) is 11.7. The zero-order chi connectivity index (χ0) is 21.3. The maximum absolute atomic E-state index is 12.8. The lowest BCUT2D eigenvalue weighted by Gasteiger charge is -2.22. The second-order valence-corrected chi connectivity index (χ2v) is 8.55. The number of sulfonamides is 1. The van der Waals surface area contributed by atoms with Crippen LogP contribution in [0.15, 0.2) is 47.5 Å². The van der Waals surface area contributed by atoms with Gasteiger partial charge in [0.15, 0.2) is 0 Å². The van der Waals surface area contributed by atoms with E-state index in [0.29, 0.717) is 5.69 Å². The van der Waals surface area contributed by atoms with E-state index < -0.39 is 16.1 Å². The van der Waals surface area contributed by atoms with Crippen molar-refractivity contribution in [2.24, 2.45) is 12.2 Å². The summed E-state index contributed by atoms with van der Waals surface area (Å²) in [6, 6.07) is 8.78. The van der Waals surface area contributed by atoms with Crippen molar-refractivity contribution < 1.29 is 17.9 Å². The Bertz CT molecular complexity index is 1170. The third-order valence-corrected chi connectivity index (χ3v) is 5.38. The van der Waals surface area contributed by atoms with Crippen LogP contribution >= 0.6 is 12.8 Å². The molecule has 2 aromatic carbocycles. The maximum atomic E-state index is 12.8. The molecule has 3 rings (SSSR count). The molecular weight excluding hydrogens is 414 g/mol. The molecule has 0 radical (unpaired) electrons. The Hall–Kier alpha value is -2.76. The van der Waals surface area contributed by atoms with Crippen molar-refractivity contribution in [3.63, 3.8) is 0 Å². The molecule has 1 aromatic heterocycles. The third-order valence-electron chi connectivity index (χ3n) is 4.08.